The van der Waals surface area contributed by atoms with Gasteiger partial charge < -0.3 is 0 Å². The first-order valence-electron chi connectivity index (χ1n) is 6.08. The fourth-order valence-corrected chi connectivity index (χ4v) is 3.65. The molecule has 0 saturated heterocycles. The zero-order valence-corrected chi connectivity index (χ0v) is 11.3. The van der Waals surface area contributed by atoms with Crippen molar-refractivity contribution in [3.05, 3.63) is 47.5 Å². The van der Waals surface area contributed by atoms with Crippen molar-refractivity contribution in [1.82, 2.24) is 0 Å². The summed E-state index contributed by atoms with van der Waals surface area (Å²) >= 11 is 1.91. The van der Waals surface area contributed by atoms with Gasteiger partial charge in [0.2, 0.25) is 0 Å². The summed E-state index contributed by atoms with van der Waals surface area (Å²) in [4.78, 5) is 0. The third-order valence-electron chi connectivity index (χ3n) is 3.36. The maximum Gasteiger partial charge on any atom is 0.0360 e. The summed E-state index contributed by atoms with van der Waals surface area (Å²) in [5.41, 5.74) is 2.85. The Kier molecular flexibility index (Phi) is 2.44. The second-order valence-electron chi connectivity index (χ2n) is 4.96. The Hall–Kier alpha value is -1.34. The van der Waals surface area contributed by atoms with E-state index < -0.39 is 0 Å². The number of rotatable bonds is 1. The predicted molar refractivity (Wildman–Crippen MR) is 78.2 cm³/mol. The van der Waals surface area contributed by atoms with Gasteiger partial charge in [0.1, 0.15) is 0 Å². The zero-order chi connectivity index (χ0) is 12.0. The molecule has 0 atom stereocenters. The molecule has 0 nitrogen and oxygen atoms in total. The molecule has 0 aliphatic rings. The van der Waals surface area contributed by atoms with Crippen LogP contribution < -0.4 is 0 Å². The van der Waals surface area contributed by atoms with Crippen molar-refractivity contribution in [3.63, 3.8) is 0 Å². The minimum absolute atomic E-state index is 0.600. The number of fused-ring (bicyclic) bond motifs is 3. The summed E-state index contributed by atoms with van der Waals surface area (Å²) < 4.78 is 2.82. The van der Waals surface area contributed by atoms with Crippen molar-refractivity contribution in [2.45, 2.75) is 26.7 Å². The first-order chi connectivity index (χ1) is 8.16. The Morgan fingerprint density at radius 3 is 2.53 bits per heavy atom. The van der Waals surface area contributed by atoms with Crippen LogP contribution in [-0.2, 0) is 0 Å². The highest BCUT2D eigenvalue weighted by Gasteiger charge is 2.09. The molecule has 0 bridgehead atoms. The highest BCUT2D eigenvalue weighted by Crippen LogP contribution is 2.37. The van der Waals surface area contributed by atoms with Gasteiger partial charge in [-0.2, -0.15) is 0 Å². The second-order valence-corrected chi connectivity index (χ2v) is 6.05. The van der Waals surface area contributed by atoms with E-state index in [1.165, 1.54) is 31.3 Å². The SMILES string of the molecule is Cc1cc(C(C)C)cc2sc3ccccc3c12. The molecule has 0 amide bonds. The molecule has 0 unspecified atom stereocenters. The van der Waals surface area contributed by atoms with Crippen molar-refractivity contribution >= 4 is 31.5 Å². The summed E-state index contributed by atoms with van der Waals surface area (Å²) in [6.45, 7) is 6.75. The molecule has 0 fully saturated rings. The van der Waals surface area contributed by atoms with Gasteiger partial charge in [0.05, 0.1) is 0 Å². The molecule has 86 valence electrons. The third kappa shape index (κ3) is 1.66. The molecule has 0 N–H and O–H groups in total. The molecule has 17 heavy (non-hydrogen) atoms. The Bertz CT molecular complexity index is 689. The summed E-state index contributed by atoms with van der Waals surface area (Å²) in [5.74, 6) is 0.600. The maximum absolute atomic E-state index is 2.36. The van der Waals surface area contributed by atoms with Gasteiger partial charge in [-0.05, 0) is 36.1 Å². The lowest BCUT2D eigenvalue weighted by Crippen LogP contribution is -1.87. The second kappa shape index (κ2) is 3.85. The minimum Gasteiger partial charge on any atom is -0.135 e. The lowest BCUT2D eigenvalue weighted by Gasteiger charge is -2.07. The van der Waals surface area contributed by atoms with Gasteiger partial charge in [-0.25, -0.2) is 0 Å². The van der Waals surface area contributed by atoms with Crippen molar-refractivity contribution < 1.29 is 0 Å². The number of hydrogen-bond acceptors (Lipinski definition) is 1. The average Bonchev–Trinajstić information content (AvgIpc) is 2.67. The van der Waals surface area contributed by atoms with Crippen LogP contribution in [0.3, 0.4) is 0 Å². The van der Waals surface area contributed by atoms with Crippen LogP contribution in [0.5, 0.6) is 0 Å². The van der Waals surface area contributed by atoms with Crippen LogP contribution in [0.25, 0.3) is 20.2 Å². The molecular weight excluding hydrogens is 224 g/mol. The van der Waals surface area contributed by atoms with Crippen molar-refractivity contribution in [3.8, 4) is 0 Å². The Balaban J connectivity index is 2.44. The fourth-order valence-electron chi connectivity index (χ4n) is 2.42. The monoisotopic (exact) mass is 240 g/mol. The van der Waals surface area contributed by atoms with Crippen LogP contribution in [-0.4, -0.2) is 0 Å². The normalized spacial score (nSPS) is 11.8. The van der Waals surface area contributed by atoms with Crippen LogP contribution in [0.2, 0.25) is 0 Å². The Morgan fingerprint density at radius 1 is 1.00 bits per heavy atom. The summed E-state index contributed by atoms with van der Waals surface area (Å²) in [5, 5.41) is 2.84. The van der Waals surface area contributed by atoms with E-state index in [-0.39, 0.29) is 0 Å². The predicted octanol–water partition coefficient (Wildman–Crippen LogP) is 5.49. The molecule has 1 aromatic heterocycles. The molecule has 0 aliphatic heterocycles. The van der Waals surface area contributed by atoms with Crippen LogP contribution in [0.15, 0.2) is 36.4 Å². The lowest BCUT2D eigenvalue weighted by molar-refractivity contribution is 0.867. The summed E-state index contributed by atoms with van der Waals surface area (Å²) in [6, 6.07) is 13.4. The fraction of sp³-hybridized carbons (Fsp3) is 0.250. The summed E-state index contributed by atoms with van der Waals surface area (Å²) in [7, 11) is 0. The standard InChI is InChI=1S/C16H16S/c1-10(2)12-8-11(3)16-13-6-4-5-7-14(13)17-15(16)9-12/h4-10H,1-3H3. The molecule has 3 aromatic rings. The molecule has 0 spiro atoms. The van der Waals surface area contributed by atoms with Crippen LogP contribution >= 0.6 is 11.3 Å². The number of aryl methyl sites for hydroxylation is 1. The lowest BCUT2D eigenvalue weighted by atomic mass is 9.98. The quantitative estimate of drug-likeness (QED) is 0.528. The Labute approximate surface area is 106 Å². The van der Waals surface area contributed by atoms with E-state index in [9.17, 15) is 0 Å². The molecule has 3 rings (SSSR count). The molecular formula is C16H16S. The largest absolute Gasteiger partial charge is 0.135 e. The molecule has 0 radical (unpaired) electrons. The summed E-state index contributed by atoms with van der Waals surface area (Å²) in [6.07, 6.45) is 0. The van der Waals surface area contributed by atoms with Gasteiger partial charge in [0.15, 0.2) is 0 Å². The van der Waals surface area contributed by atoms with E-state index in [4.69, 9.17) is 0 Å². The van der Waals surface area contributed by atoms with Gasteiger partial charge >= 0.3 is 0 Å². The third-order valence-corrected chi connectivity index (χ3v) is 4.48. The molecule has 1 heteroatoms. The average molecular weight is 240 g/mol. The minimum atomic E-state index is 0.600. The van der Waals surface area contributed by atoms with E-state index in [1.54, 1.807) is 0 Å². The van der Waals surface area contributed by atoms with E-state index in [0.29, 0.717) is 5.92 Å². The number of benzene rings is 2. The number of hydrogen-bond donors (Lipinski definition) is 0. The van der Waals surface area contributed by atoms with Crippen LogP contribution in [0.4, 0.5) is 0 Å². The maximum atomic E-state index is 2.36. The van der Waals surface area contributed by atoms with Crippen LogP contribution in [0, 0.1) is 6.92 Å². The van der Waals surface area contributed by atoms with Gasteiger partial charge in [-0.15, -0.1) is 11.3 Å². The van der Waals surface area contributed by atoms with Gasteiger partial charge in [0.25, 0.3) is 0 Å². The van der Waals surface area contributed by atoms with Crippen molar-refractivity contribution in [1.29, 1.82) is 0 Å². The van der Waals surface area contributed by atoms with Gasteiger partial charge in [0, 0.05) is 20.2 Å². The van der Waals surface area contributed by atoms with Crippen molar-refractivity contribution in [2.75, 3.05) is 0 Å². The van der Waals surface area contributed by atoms with E-state index in [2.05, 4.69) is 57.2 Å². The first-order valence-corrected chi connectivity index (χ1v) is 6.90. The highest BCUT2D eigenvalue weighted by molar-refractivity contribution is 7.25. The Morgan fingerprint density at radius 2 is 1.76 bits per heavy atom. The van der Waals surface area contributed by atoms with Crippen molar-refractivity contribution in [2.24, 2.45) is 0 Å². The van der Waals surface area contributed by atoms with Gasteiger partial charge in [-0.1, -0.05) is 38.1 Å². The van der Waals surface area contributed by atoms with E-state index >= 15 is 0 Å². The highest BCUT2D eigenvalue weighted by atomic mass is 32.1. The molecule has 1 heterocycles. The molecule has 0 aliphatic carbocycles. The van der Waals surface area contributed by atoms with Crippen LogP contribution in [0.1, 0.15) is 30.9 Å². The van der Waals surface area contributed by atoms with Gasteiger partial charge in [-0.3, -0.25) is 0 Å². The van der Waals surface area contributed by atoms with E-state index in [1.807, 2.05) is 11.3 Å². The smallest absolute Gasteiger partial charge is 0.0360 e. The molecule has 2 aromatic carbocycles. The topological polar surface area (TPSA) is 0 Å². The molecule has 0 saturated carbocycles. The zero-order valence-electron chi connectivity index (χ0n) is 10.4. The van der Waals surface area contributed by atoms with E-state index in [0.717, 1.165) is 0 Å². The first kappa shape index (κ1) is 10.8. The number of thiophene rings is 1.